The molecule has 0 unspecified atom stereocenters. The number of thiophene rings is 1. The van der Waals surface area contributed by atoms with Crippen molar-refractivity contribution in [3.63, 3.8) is 0 Å². The zero-order valence-electron chi connectivity index (χ0n) is 15.9. The van der Waals surface area contributed by atoms with Crippen LogP contribution < -0.4 is 4.31 Å². The first-order chi connectivity index (χ1) is 13.6. The summed E-state index contributed by atoms with van der Waals surface area (Å²) in [6, 6.07) is 16.8. The molecule has 2 heterocycles. The lowest BCUT2D eigenvalue weighted by Crippen LogP contribution is -2.43. The number of morpholine rings is 1. The van der Waals surface area contributed by atoms with Crippen molar-refractivity contribution in [3.05, 3.63) is 60.2 Å². The molecule has 5 nitrogen and oxygen atoms in total. The van der Waals surface area contributed by atoms with Crippen LogP contribution in [0.15, 0.2) is 59.5 Å². The first kappa shape index (κ1) is 19.4. The van der Waals surface area contributed by atoms with Crippen molar-refractivity contribution in [1.29, 1.82) is 0 Å². The summed E-state index contributed by atoms with van der Waals surface area (Å²) >= 11 is 1.54. The molecule has 28 heavy (non-hydrogen) atoms. The largest absolute Gasteiger partial charge is 0.379 e. The molecule has 0 N–H and O–H groups in total. The molecule has 0 amide bonds. The Labute approximate surface area is 170 Å². The van der Waals surface area contributed by atoms with Gasteiger partial charge in [-0.15, -0.1) is 11.3 Å². The van der Waals surface area contributed by atoms with Crippen LogP contribution >= 0.6 is 11.3 Å². The number of aryl methyl sites for hydroxylation is 1. The Morgan fingerprint density at radius 1 is 1.04 bits per heavy atom. The third kappa shape index (κ3) is 3.80. The highest BCUT2D eigenvalue weighted by Gasteiger charge is 2.28. The Morgan fingerprint density at radius 2 is 1.71 bits per heavy atom. The average Bonchev–Trinajstić information content (AvgIpc) is 3.06. The first-order valence-electron chi connectivity index (χ1n) is 9.43. The second-order valence-corrected chi connectivity index (χ2v) is 9.77. The van der Waals surface area contributed by atoms with Gasteiger partial charge in [0.15, 0.2) is 0 Å². The molecule has 0 aliphatic carbocycles. The van der Waals surface area contributed by atoms with Crippen molar-refractivity contribution in [3.8, 4) is 0 Å². The van der Waals surface area contributed by atoms with Crippen LogP contribution in [0.4, 0.5) is 5.00 Å². The van der Waals surface area contributed by atoms with Crippen LogP contribution in [0.1, 0.15) is 5.56 Å². The van der Waals surface area contributed by atoms with Crippen LogP contribution in [0.25, 0.3) is 10.1 Å². The molecule has 3 aromatic rings. The predicted octanol–water partition coefficient (Wildman–Crippen LogP) is 3.74. The molecular formula is C21H24N2O3S2. The number of sulfonamides is 1. The SMILES string of the molecule is Cc1c(N(CCN2CCOCC2)S(=O)(=O)c2ccccc2)sc2ccccc12. The fourth-order valence-electron chi connectivity index (χ4n) is 3.51. The molecule has 1 saturated heterocycles. The van der Waals surface area contributed by atoms with E-state index in [1.165, 1.54) is 0 Å². The van der Waals surface area contributed by atoms with Gasteiger partial charge in [-0.05, 0) is 36.1 Å². The average molecular weight is 417 g/mol. The van der Waals surface area contributed by atoms with Crippen LogP contribution in [0.2, 0.25) is 0 Å². The summed E-state index contributed by atoms with van der Waals surface area (Å²) < 4.78 is 35.2. The van der Waals surface area contributed by atoms with Crippen molar-refractivity contribution in [2.24, 2.45) is 0 Å². The molecular weight excluding hydrogens is 392 g/mol. The van der Waals surface area contributed by atoms with Crippen molar-refractivity contribution >= 4 is 36.4 Å². The van der Waals surface area contributed by atoms with E-state index in [2.05, 4.69) is 11.0 Å². The van der Waals surface area contributed by atoms with E-state index < -0.39 is 10.0 Å². The normalized spacial score (nSPS) is 15.8. The van der Waals surface area contributed by atoms with Crippen LogP contribution in [0, 0.1) is 6.92 Å². The Bertz CT molecular complexity index is 1040. The monoisotopic (exact) mass is 416 g/mol. The maximum Gasteiger partial charge on any atom is 0.264 e. The van der Waals surface area contributed by atoms with Gasteiger partial charge in [0.1, 0.15) is 5.00 Å². The fraction of sp³-hybridized carbons (Fsp3) is 0.333. The molecule has 148 valence electrons. The van der Waals surface area contributed by atoms with E-state index in [1.54, 1.807) is 39.9 Å². The minimum absolute atomic E-state index is 0.328. The smallest absolute Gasteiger partial charge is 0.264 e. The molecule has 4 rings (SSSR count). The van der Waals surface area contributed by atoms with Gasteiger partial charge >= 0.3 is 0 Å². The predicted molar refractivity (Wildman–Crippen MR) is 115 cm³/mol. The molecule has 1 aliphatic heterocycles. The number of anilines is 1. The van der Waals surface area contributed by atoms with Crippen LogP contribution in [0.3, 0.4) is 0 Å². The maximum absolute atomic E-state index is 13.5. The highest BCUT2D eigenvalue weighted by atomic mass is 32.2. The number of hydrogen-bond donors (Lipinski definition) is 0. The zero-order valence-corrected chi connectivity index (χ0v) is 17.5. The Kier molecular flexibility index (Phi) is 5.68. The second kappa shape index (κ2) is 8.21. The highest BCUT2D eigenvalue weighted by Crippen LogP contribution is 2.39. The van der Waals surface area contributed by atoms with Gasteiger partial charge in [-0.3, -0.25) is 9.21 Å². The zero-order chi connectivity index (χ0) is 19.6. The molecule has 0 atom stereocenters. The molecule has 0 bridgehead atoms. The first-order valence-corrected chi connectivity index (χ1v) is 11.7. The summed E-state index contributed by atoms with van der Waals surface area (Å²) in [5.74, 6) is 0. The molecule has 7 heteroatoms. The quantitative estimate of drug-likeness (QED) is 0.614. The lowest BCUT2D eigenvalue weighted by molar-refractivity contribution is 0.0395. The van der Waals surface area contributed by atoms with E-state index in [0.29, 0.717) is 31.2 Å². The summed E-state index contributed by atoms with van der Waals surface area (Å²) in [7, 11) is -3.64. The summed E-state index contributed by atoms with van der Waals surface area (Å²) in [6.45, 7) is 6.19. The Morgan fingerprint density at radius 3 is 2.43 bits per heavy atom. The van der Waals surface area contributed by atoms with Gasteiger partial charge in [-0.25, -0.2) is 8.42 Å². The number of rotatable bonds is 6. The number of nitrogens with zero attached hydrogens (tertiary/aromatic N) is 2. The van der Waals surface area contributed by atoms with Crippen molar-refractivity contribution < 1.29 is 13.2 Å². The van der Waals surface area contributed by atoms with Gasteiger partial charge in [0, 0.05) is 30.9 Å². The molecule has 1 fully saturated rings. The van der Waals surface area contributed by atoms with Gasteiger partial charge in [-0.1, -0.05) is 36.4 Å². The molecule has 2 aromatic carbocycles. The van der Waals surface area contributed by atoms with Gasteiger partial charge in [-0.2, -0.15) is 0 Å². The summed E-state index contributed by atoms with van der Waals surface area (Å²) in [4.78, 5) is 2.59. The van der Waals surface area contributed by atoms with E-state index >= 15 is 0 Å². The van der Waals surface area contributed by atoms with Crippen molar-refractivity contribution in [2.75, 3.05) is 43.7 Å². The Hall–Kier alpha value is -1.93. The third-order valence-corrected chi connectivity index (χ3v) is 8.32. The maximum atomic E-state index is 13.5. The number of ether oxygens (including phenoxy) is 1. The lowest BCUT2D eigenvalue weighted by atomic mass is 10.2. The van der Waals surface area contributed by atoms with E-state index in [-0.39, 0.29) is 0 Å². The number of benzene rings is 2. The van der Waals surface area contributed by atoms with Gasteiger partial charge in [0.25, 0.3) is 10.0 Å². The molecule has 1 aromatic heterocycles. The van der Waals surface area contributed by atoms with Crippen LogP contribution in [-0.2, 0) is 14.8 Å². The number of fused-ring (bicyclic) bond motifs is 1. The molecule has 0 saturated carbocycles. The standard InChI is InChI=1S/C21H24N2O3S2/c1-17-19-9-5-6-10-20(19)27-21(17)23(12-11-22-13-15-26-16-14-22)28(24,25)18-7-3-2-4-8-18/h2-10H,11-16H2,1H3. The Balaban J connectivity index is 1.73. The minimum Gasteiger partial charge on any atom is -0.379 e. The third-order valence-electron chi connectivity index (χ3n) is 5.10. The summed E-state index contributed by atoms with van der Waals surface area (Å²) in [5.41, 5.74) is 1.02. The molecule has 0 radical (unpaired) electrons. The molecule has 0 spiro atoms. The summed E-state index contributed by atoms with van der Waals surface area (Å²) in [5, 5.41) is 1.92. The van der Waals surface area contributed by atoms with E-state index in [9.17, 15) is 8.42 Å². The van der Waals surface area contributed by atoms with E-state index in [1.807, 2.05) is 31.2 Å². The van der Waals surface area contributed by atoms with Gasteiger partial charge in [0.2, 0.25) is 0 Å². The lowest BCUT2D eigenvalue weighted by Gasteiger charge is -2.30. The van der Waals surface area contributed by atoms with Gasteiger partial charge < -0.3 is 4.74 Å². The summed E-state index contributed by atoms with van der Waals surface area (Å²) in [6.07, 6.45) is 0. The highest BCUT2D eigenvalue weighted by molar-refractivity contribution is 7.93. The second-order valence-electron chi connectivity index (χ2n) is 6.87. The van der Waals surface area contributed by atoms with Crippen molar-refractivity contribution in [1.82, 2.24) is 4.90 Å². The minimum atomic E-state index is -3.64. The topological polar surface area (TPSA) is 49.9 Å². The van der Waals surface area contributed by atoms with Crippen LogP contribution in [-0.4, -0.2) is 52.7 Å². The van der Waals surface area contributed by atoms with Crippen LogP contribution in [0.5, 0.6) is 0 Å². The fourth-order valence-corrected chi connectivity index (χ4v) is 6.49. The van der Waals surface area contributed by atoms with Gasteiger partial charge in [0.05, 0.1) is 18.1 Å². The molecule has 1 aliphatic rings. The van der Waals surface area contributed by atoms with E-state index in [4.69, 9.17) is 4.74 Å². The van der Waals surface area contributed by atoms with Crippen molar-refractivity contribution in [2.45, 2.75) is 11.8 Å². The van der Waals surface area contributed by atoms with E-state index in [0.717, 1.165) is 33.7 Å². The number of hydrogen-bond acceptors (Lipinski definition) is 5.